The van der Waals surface area contributed by atoms with Crippen molar-refractivity contribution in [3.8, 4) is 11.1 Å². The molecule has 0 atom stereocenters. The van der Waals surface area contributed by atoms with Gasteiger partial charge < -0.3 is 15.1 Å². The van der Waals surface area contributed by atoms with Gasteiger partial charge in [0, 0.05) is 53.5 Å². The monoisotopic (exact) mass is 466 g/mol. The Morgan fingerprint density at radius 3 is 2.89 bits per heavy atom. The average Bonchev–Trinajstić information content (AvgIpc) is 3.32. The van der Waals surface area contributed by atoms with Crippen LogP contribution in [0.2, 0.25) is 0 Å². The number of carbonyl (C=O) groups is 1. The van der Waals surface area contributed by atoms with Crippen LogP contribution in [0.5, 0.6) is 0 Å². The standard InChI is InChI=1S/C28H23FN4O2/c29-24-13-18(16-33-11-10-31-28(34)17-33)1-4-22(24)19-2-5-25-23(15-19)26(7-9-30-25)32-21-3-6-27-20(14-21)8-12-35-27/h1-9,12-15H,10-11,16-17H2,(H,30,32)(H,31,34). The molecule has 0 unspecified atom stereocenters. The number of rotatable bonds is 5. The second-order valence-electron chi connectivity index (χ2n) is 8.76. The quantitative estimate of drug-likeness (QED) is 0.360. The highest BCUT2D eigenvalue weighted by molar-refractivity contribution is 5.96. The summed E-state index contributed by atoms with van der Waals surface area (Å²) in [5, 5.41) is 8.20. The maximum Gasteiger partial charge on any atom is 0.234 e. The molecule has 1 aliphatic rings. The number of nitrogens with one attached hydrogen (secondary N) is 2. The Balaban J connectivity index is 1.30. The number of carbonyl (C=O) groups excluding carboxylic acids is 1. The third-order valence-corrected chi connectivity index (χ3v) is 6.34. The van der Waals surface area contributed by atoms with E-state index in [2.05, 4.69) is 15.6 Å². The van der Waals surface area contributed by atoms with Gasteiger partial charge in [-0.1, -0.05) is 18.2 Å². The summed E-state index contributed by atoms with van der Waals surface area (Å²) in [5.41, 5.74) is 5.63. The van der Waals surface area contributed by atoms with Crippen molar-refractivity contribution in [3.63, 3.8) is 0 Å². The fourth-order valence-electron chi connectivity index (χ4n) is 4.60. The summed E-state index contributed by atoms with van der Waals surface area (Å²) in [6.07, 6.45) is 3.43. The Hall–Kier alpha value is -4.23. The maximum absolute atomic E-state index is 15.2. The minimum atomic E-state index is -0.285. The third kappa shape index (κ3) is 4.34. The lowest BCUT2D eigenvalue weighted by Crippen LogP contribution is -2.47. The summed E-state index contributed by atoms with van der Waals surface area (Å²) in [4.78, 5) is 18.1. The van der Waals surface area contributed by atoms with E-state index in [0.717, 1.165) is 50.9 Å². The van der Waals surface area contributed by atoms with Gasteiger partial charge in [0.25, 0.3) is 0 Å². The number of hydrogen-bond acceptors (Lipinski definition) is 5. The molecule has 7 heteroatoms. The van der Waals surface area contributed by atoms with E-state index >= 15 is 4.39 Å². The minimum absolute atomic E-state index is 0.00668. The number of halogens is 1. The van der Waals surface area contributed by atoms with Gasteiger partial charge in [-0.25, -0.2) is 4.39 Å². The molecule has 1 amide bonds. The summed E-state index contributed by atoms with van der Waals surface area (Å²) in [6.45, 7) is 2.26. The van der Waals surface area contributed by atoms with E-state index in [0.29, 0.717) is 25.2 Å². The Morgan fingerprint density at radius 1 is 1.06 bits per heavy atom. The fourth-order valence-corrected chi connectivity index (χ4v) is 4.60. The first kappa shape index (κ1) is 21.3. The Bertz CT molecular complexity index is 1560. The maximum atomic E-state index is 15.2. The van der Waals surface area contributed by atoms with Crippen LogP contribution in [0.3, 0.4) is 0 Å². The van der Waals surface area contributed by atoms with E-state index in [9.17, 15) is 4.79 Å². The van der Waals surface area contributed by atoms with E-state index in [1.54, 1.807) is 18.5 Å². The zero-order valence-electron chi connectivity index (χ0n) is 18.9. The molecular formula is C28H23FN4O2. The lowest BCUT2D eigenvalue weighted by molar-refractivity contribution is -0.124. The zero-order valence-corrected chi connectivity index (χ0v) is 18.9. The van der Waals surface area contributed by atoms with Crippen molar-refractivity contribution >= 4 is 39.2 Å². The van der Waals surface area contributed by atoms with Gasteiger partial charge in [-0.2, -0.15) is 0 Å². The molecule has 0 radical (unpaired) electrons. The topological polar surface area (TPSA) is 70.4 Å². The van der Waals surface area contributed by atoms with E-state index < -0.39 is 0 Å². The van der Waals surface area contributed by atoms with Crippen LogP contribution in [0, 0.1) is 5.82 Å². The second-order valence-corrected chi connectivity index (χ2v) is 8.76. The summed E-state index contributed by atoms with van der Waals surface area (Å²) in [6, 6.07) is 20.8. The lowest BCUT2D eigenvalue weighted by atomic mass is 10.00. The summed E-state index contributed by atoms with van der Waals surface area (Å²) < 4.78 is 20.6. The van der Waals surface area contributed by atoms with Crippen molar-refractivity contribution < 1.29 is 13.6 Å². The molecule has 0 spiro atoms. The number of furan rings is 1. The largest absolute Gasteiger partial charge is 0.464 e. The molecule has 1 saturated heterocycles. The van der Waals surface area contributed by atoms with Crippen LogP contribution in [0.25, 0.3) is 33.0 Å². The fraction of sp³-hybridized carbons (Fsp3) is 0.143. The summed E-state index contributed by atoms with van der Waals surface area (Å²) in [7, 11) is 0. The smallest absolute Gasteiger partial charge is 0.234 e. The van der Waals surface area contributed by atoms with Crippen LogP contribution < -0.4 is 10.6 Å². The molecule has 6 rings (SSSR count). The molecule has 5 aromatic rings. The van der Waals surface area contributed by atoms with Gasteiger partial charge in [0.2, 0.25) is 5.91 Å². The van der Waals surface area contributed by atoms with Crippen molar-refractivity contribution in [2.24, 2.45) is 0 Å². The van der Waals surface area contributed by atoms with Crippen molar-refractivity contribution in [1.29, 1.82) is 0 Å². The average molecular weight is 467 g/mol. The molecule has 1 aliphatic heterocycles. The van der Waals surface area contributed by atoms with Crippen molar-refractivity contribution in [2.45, 2.75) is 6.54 Å². The zero-order chi connectivity index (χ0) is 23.8. The molecule has 6 nitrogen and oxygen atoms in total. The van der Waals surface area contributed by atoms with Crippen LogP contribution in [-0.4, -0.2) is 35.4 Å². The van der Waals surface area contributed by atoms with Crippen LogP contribution in [0.15, 0.2) is 83.6 Å². The molecule has 0 aliphatic carbocycles. The van der Waals surface area contributed by atoms with Crippen molar-refractivity contribution in [2.75, 3.05) is 25.0 Å². The first-order valence-electron chi connectivity index (χ1n) is 11.5. The van der Waals surface area contributed by atoms with E-state index in [4.69, 9.17) is 4.42 Å². The first-order chi connectivity index (χ1) is 17.1. The van der Waals surface area contributed by atoms with Gasteiger partial charge in [-0.05, 0) is 59.7 Å². The Morgan fingerprint density at radius 2 is 2.00 bits per heavy atom. The van der Waals surface area contributed by atoms with Gasteiger partial charge in [0.1, 0.15) is 11.4 Å². The predicted octanol–water partition coefficient (Wildman–Crippen LogP) is 5.46. The van der Waals surface area contributed by atoms with E-state index in [-0.39, 0.29) is 11.7 Å². The molecule has 0 bridgehead atoms. The number of pyridine rings is 1. The van der Waals surface area contributed by atoms with Crippen LogP contribution in [0.4, 0.5) is 15.8 Å². The number of nitrogens with zero attached hydrogens (tertiary/aromatic N) is 2. The normalized spacial score (nSPS) is 14.4. The van der Waals surface area contributed by atoms with Gasteiger partial charge >= 0.3 is 0 Å². The van der Waals surface area contributed by atoms with Crippen LogP contribution in [0.1, 0.15) is 5.56 Å². The highest BCUT2D eigenvalue weighted by atomic mass is 19.1. The van der Waals surface area contributed by atoms with Gasteiger partial charge in [-0.15, -0.1) is 0 Å². The van der Waals surface area contributed by atoms with Gasteiger partial charge in [0.15, 0.2) is 0 Å². The number of piperazine rings is 1. The SMILES string of the molecule is O=C1CN(Cc2ccc(-c3ccc4nccc(Nc5ccc6occc6c5)c4c3)c(F)c2)CCN1. The Labute approximate surface area is 201 Å². The van der Waals surface area contributed by atoms with Gasteiger partial charge in [0.05, 0.1) is 18.3 Å². The molecule has 3 aromatic carbocycles. The highest BCUT2D eigenvalue weighted by Gasteiger charge is 2.17. The molecular weight excluding hydrogens is 443 g/mol. The summed E-state index contributed by atoms with van der Waals surface area (Å²) >= 11 is 0. The number of hydrogen-bond donors (Lipinski definition) is 2. The first-order valence-corrected chi connectivity index (χ1v) is 11.5. The molecule has 174 valence electrons. The third-order valence-electron chi connectivity index (χ3n) is 6.34. The lowest BCUT2D eigenvalue weighted by Gasteiger charge is -2.26. The number of amides is 1. The second kappa shape index (κ2) is 8.85. The van der Waals surface area contributed by atoms with E-state index in [1.807, 2.05) is 65.6 Å². The predicted molar refractivity (Wildman–Crippen MR) is 135 cm³/mol. The molecule has 35 heavy (non-hydrogen) atoms. The van der Waals surface area contributed by atoms with Crippen molar-refractivity contribution in [1.82, 2.24) is 15.2 Å². The number of fused-ring (bicyclic) bond motifs is 2. The van der Waals surface area contributed by atoms with Crippen LogP contribution in [-0.2, 0) is 11.3 Å². The summed E-state index contributed by atoms with van der Waals surface area (Å²) in [5.74, 6) is -0.278. The van der Waals surface area contributed by atoms with Crippen LogP contribution >= 0.6 is 0 Å². The van der Waals surface area contributed by atoms with Crippen molar-refractivity contribution in [3.05, 3.63) is 90.6 Å². The molecule has 1 fully saturated rings. The highest BCUT2D eigenvalue weighted by Crippen LogP contribution is 2.32. The van der Waals surface area contributed by atoms with Gasteiger partial charge in [-0.3, -0.25) is 14.7 Å². The molecule has 0 saturated carbocycles. The number of benzene rings is 3. The molecule has 2 aromatic heterocycles. The number of aromatic nitrogens is 1. The van der Waals surface area contributed by atoms with E-state index in [1.165, 1.54) is 0 Å². The minimum Gasteiger partial charge on any atom is -0.464 e. The Kier molecular flexibility index (Phi) is 5.39. The molecule has 2 N–H and O–H groups in total. The number of anilines is 2. The molecule has 3 heterocycles.